The fraction of sp³-hybridized carbons (Fsp3) is 0.300. The van der Waals surface area contributed by atoms with Gasteiger partial charge in [-0.2, -0.15) is 0 Å². The van der Waals surface area contributed by atoms with Crippen LogP contribution in [0.4, 0.5) is 5.69 Å². The summed E-state index contributed by atoms with van der Waals surface area (Å²) in [5, 5.41) is 21.4. The zero-order chi connectivity index (χ0) is 19.9. The molecule has 0 aromatic heterocycles. The Hall–Kier alpha value is -2.73. The van der Waals surface area contributed by atoms with Crippen molar-refractivity contribution in [3.63, 3.8) is 0 Å². The number of carboxylic acid groups (broad SMARTS) is 1. The average Bonchev–Trinajstić information content (AvgIpc) is 2.89. The van der Waals surface area contributed by atoms with Gasteiger partial charge in [-0.25, -0.2) is 4.79 Å². The summed E-state index contributed by atoms with van der Waals surface area (Å²) in [4.78, 5) is 22.0. The van der Waals surface area contributed by atoms with Crippen LogP contribution in [0.15, 0.2) is 24.3 Å². The molecule has 1 amide bonds. The topological polar surface area (TPSA) is 95.9 Å². The second-order valence-electron chi connectivity index (χ2n) is 7.52. The van der Waals surface area contributed by atoms with E-state index in [1.807, 2.05) is 0 Å². The zero-order valence-electron chi connectivity index (χ0n) is 15.2. The van der Waals surface area contributed by atoms with Crippen molar-refractivity contribution in [2.45, 2.75) is 33.6 Å². The van der Waals surface area contributed by atoms with Gasteiger partial charge in [-0.15, -0.1) is 0 Å². The van der Waals surface area contributed by atoms with Crippen LogP contribution in [0.5, 0.6) is 17.2 Å². The number of hydrogen-bond acceptors (Lipinski definition) is 4. The van der Waals surface area contributed by atoms with Gasteiger partial charge in [0.25, 0.3) is 0 Å². The maximum absolute atomic E-state index is 11.3. The maximum atomic E-state index is 11.3. The summed E-state index contributed by atoms with van der Waals surface area (Å²) in [6, 6.07) is 6.35. The molecule has 2 aromatic carbocycles. The van der Waals surface area contributed by atoms with E-state index in [1.54, 1.807) is 25.1 Å². The van der Waals surface area contributed by atoms with Crippen molar-refractivity contribution in [1.82, 2.24) is 0 Å². The molecule has 2 aromatic rings. The number of aryl methyl sites for hydroxylation is 1. The van der Waals surface area contributed by atoms with Crippen molar-refractivity contribution in [1.29, 1.82) is 0 Å². The van der Waals surface area contributed by atoms with Crippen LogP contribution in [0.25, 0.3) is 0 Å². The van der Waals surface area contributed by atoms with E-state index in [0.29, 0.717) is 17.1 Å². The van der Waals surface area contributed by atoms with Gasteiger partial charge in [0, 0.05) is 16.8 Å². The summed E-state index contributed by atoms with van der Waals surface area (Å²) in [5.41, 5.74) is 2.79. The molecule has 0 saturated carbocycles. The number of aliphatic carboxylic acids is 1. The van der Waals surface area contributed by atoms with Gasteiger partial charge >= 0.3 is 11.9 Å². The number of carbonyl (C=O) groups excluding carboxylic acids is 1. The first kappa shape index (κ1) is 19.0. The Labute approximate surface area is 161 Å². The summed E-state index contributed by atoms with van der Waals surface area (Å²) in [6.07, 6.45) is 1.54. The summed E-state index contributed by atoms with van der Waals surface area (Å²) in [5.74, 6) is -1.41. The molecule has 0 fully saturated rings. The highest BCUT2D eigenvalue weighted by Crippen LogP contribution is 2.46. The zero-order valence-corrected chi connectivity index (χ0v) is 16.0. The summed E-state index contributed by atoms with van der Waals surface area (Å²) < 4.78 is 6.07. The smallest absolute Gasteiger partial charge is 0.394 e. The predicted molar refractivity (Wildman–Crippen MR) is 102 cm³/mol. The molecule has 0 heterocycles. The van der Waals surface area contributed by atoms with E-state index < -0.39 is 11.9 Å². The second kappa shape index (κ2) is 6.78. The van der Waals surface area contributed by atoms with Crippen molar-refractivity contribution in [2.24, 2.45) is 5.41 Å². The van der Waals surface area contributed by atoms with E-state index in [9.17, 15) is 14.7 Å². The number of ether oxygens (including phenoxy) is 1. The van der Waals surface area contributed by atoms with Crippen LogP contribution in [0.2, 0.25) is 5.02 Å². The Morgan fingerprint density at radius 2 is 1.85 bits per heavy atom. The molecule has 27 heavy (non-hydrogen) atoms. The lowest BCUT2D eigenvalue weighted by molar-refractivity contribution is -0.147. The van der Waals surface area contributed by atoms with Crippen LogP contribution < -0.4 is 10.1 Å². The van der Waals surface area contributed by atoms with E-state index in [-0.39, 0.29) is 21.9 Å². The number of anilines is 1. The Balaban J connectivity index is 1.93. The number of phenols is 1. The van der Waals surface area contributed by atoms with Gasteiger partial charge in [0.05, 0.1) is 5.02 Å². The fourth-order valence-electron chi connectivity index (χ4n) is 3.39. The first-order valence-electron chi connectivity index (χ1n) is 8.43. The van der Waals surface area contributed by atoms with Gasteiger partial charge in [-0.1, -0.05) is 25.4 Å². The van der Waals surface area contributed by atoms with Gasteiger partial charge in [-0.05, 0) is 55.0 Å². The largest absolute Gasteiger partial charge is 0.508 e. The van der Waals surface area contributed by atoms with Crippen molar-refractivity contribution in [3.05, 3.63) is 46.0 Å². The van der Waals surface area contributed by atoms with E-state index in [4.69, 9.17) is 21.4 Å². The first-order valence-corrected chi connectivity index (χ1v) is 8.81. The number of phenolic OH excluding ortho intramolecular Hbond substituents is 1. The Morgan fingerprint density at radius 1 is 1.19 bits per heavy atom. The Bertz CT molecular complexity index is 929. The lowest BCUT2D eigenvalue weighted by atomic mass is 9.90. The summed E-state index contributed by atoms with van der Waals surface area (Å²) in [6.45, 7) is 6.02. The first-order chi connectivity index (χ1) is 12.6. The molecule has 1 aliphatic rings. The normalized spacial score (nSPS) is 14.5. The predicted octanol–water partition coefficient (Wildman–Crippen LogP) is 4.29. The van der Waals surface area contributed by atoms with Crippen LogP contribution >= 0.6 is 11.6 Å². The van der Waals surface area contributed by atoms with Crippen molar-refractivity contribution >= 4 is 29.2 Å². The number of aromatic hydroxyl groups is 1. The highest BCUT2D eigenvalue weighted by Gasteiger charge is 2.33. The molecular formula is C20H20ClNO5. The lowest BCUT2D eigenvalue weighted by Gasteiger charge is -2.17. The molecule has 0 atom stereocenters. The van der Waals surface area contributed by atoms with Crippen molar-refractivity contribution in [2.75, 3.05) is 5.32 Å². The average molecular weight is 390 g/mol. The molecule has 0 spiro atoms. The Morgan fingerprint density at radius 3 is 2.48 bits per heavy atom. The van der Waals surface area contributed by atoms with Gasteiger partial charge in [0.1, 0.15) is 17.2 Å². The fourth-order valence-corrected chi connectivity index (χ4v) is 3.70. The molecule has 3 N–H and O–H groups in total. The number of carboxylic acids is 1. The molecule has 0 saturated heterocycles. The highest BCUT2D eigenvalue weighted by atomic mass is 35.5. The van der Waals surface area contributed by atoms with Crippen LogP contribution in [-0.2, 0) is 22.4 Å². The van der Waals surface area contributed by atoms with E-state index >= 15 is 0 Å². The standard InChI is InChI=1S/C20H20ClNO5/c1-10-6-11(22-18(24)19(25)26)7-14(21)17(10)27-16-5-4-15(23)12-8-20(2,3)9-13(12)16/h4-7,23H,8-9H2,1-3H3,(H,22,24)(H,25,26). The molecule has 0 radical (unpaired) electrons. The third-order valence-corrected chi connectivity index (χ3v) is 4.85. The van der Waals surface area contributed by atoms with Crippen LogP contribution in [0.1, 0.15) is 30.5 Å². The van der Waals surface area contributed by atoms with Crippen LogP contribution in [0, 0.1) is 12.3 Å². The molecule has 0 unspecified atom stereocenters. The van der Waals surface area contributed by atoms with E-state index in [1.165, 1.54) is 6.07 Å². The number of rotatable bonds is 3. The number of benzene rings is 2. The van der Waals surface area contributed by atoms with Gasteiger partial charge in [0.2, 0.25) is 0 Å². The quantitative estimate of drug-likeness (QED) is 0.680. The number of fused-ring (bicyclic) bond motifs is 1. The van der Waals surface area contributed by atoms with Crippen LogP contribution in [-0.4, -0.2) is 22.1 Å². The minimum atomic E-state index is -1.58. The van der Waals surface area contributed by atoms with Crippen LogP contribution in [0.3, 0.4) is 0 Å². The molecular weight excluding hydrogens is 370 g/mol. The lowest BCUT2D eigenvalue weighted by Crippen LogP contribution is -2.21. The molecule has 3 rings (SSSR count). The molecule has 142 valence electrons. The molecule has 7 heteroatoms. The molecule has 0 bridgehead atoms. The Kier molecular flexibility index (Phi) is 4.78. The molecule has 6 nitrogen and oxygen atoms in total. The minimum absolute atomic E-state index is 0.0308. The molecule has 1 aliphatic carbocycles. The second-order valence-corrected chi connectivity index (χ2v) is 7.93. The summed E-state index contributed by atoms with van der Waals surface area (Å²) in [7, 11) is 0. The van der Waals surface area contributed by atoms with Gasteiger partial charge in [0.15, 0.2) is 0 Å². The van der Waals surface area contributed by atoms with Crippen molar-refractivity contribution in [3.8, 4) is 17.2 Å². The minimum Gasteiger partial charge on any atom is -0.508 e. The number of hydrogen-bond donors (Lipinski definition) is 3. The van der Waals surface area contributed by atoms with E-state index in [0.717, 1.165) is 24.0 Å². The monoisotopic (exact) mass is 389 g/mol. The molecule has 0 aliphatic heterocycles. The number of amides is 1. The number of carbonyl (C=O) groups is 2. The van der Waals surface area contributed by atoms with Gasteiger partial charge < -0.3 is 20.3 Å². The summed E-state index contributed by atoms with van der Waals surface area (Å²) >= 11 is 6.31. The third kappa shape index (κ3) is 3.85. The third-order valence-electron chi connectivity index (χ3n) is 4.57. The van der Waals surface area contributed by atoms with Crippen molar-refractivity contribution < 1.29 is 24.5 Å². The maximum Gasteiger partial charge on any atom is 0.394 e. The number of nitrogens with one attached hydrogen (secondary N) is 1. The SMILES string of the molecule is Cc1cc(NC(=O)C(=O)O)cc(Cl)c1Oc1ccc(O)c2c1CC(C)(C)C2. The van der Waals surface area contributed by atoms with Gasteiger partial charge in [-0.3, -0.25) is 4.79 Å². The number of halogens is 1. The highest BCUT2D eigenvalue weighted by molar-refractivity contribution is 6.37. The van der Waals surface area contributed by atoms with E-state index in [2.05, 4.69) is 19.2 Å².